The normalized spacial score (nSPS) is 24.9. The number of nitrogens with zero attached hydrogens (tertiary/aromatic N) is 2. The van der Waals surface area contributed by atoms with Gasteiger partial charge in [-0.2, -0.15) is 0 Å². The molecule has 2 atom stereocenters. The lowest BCUT2D eigenvalue weighted by molar-refractivity contribution is -0.168. The van der Waals surface area contributed by atoms with Crippen LogP contribution in [0.25, 0.3) is 0 Å². The summed E-state index contributed by atoms with van der Waals surface area (Å²) in [6, 6.07) is 0.509. The van der Waals surface area contributed by atoms with E-state index in [1.165, 1.54) is 19.3 Å². The molecule has 2 fully saturated rings. The molecule has 25 heavy (non-hydrogen) atoms. The summed E-state index contributed by atoms with van der Waals surface area (Å²) in [5.41, 5.74) is 0.364. The summed E-state index contributed by atoms with van der Waals surface area (Å²) in [7, 11) is 3.90. The molecule has 2 rings (SSSR count). The highest BCUT2D eigenvalue weighted by atomic mass is 16.5. The van der Waals surface area contributed by atoms with Crippen LogP contribution in [0.4, 0.5) is 0 Å². The van der Waals surface area contributed by atoms with Gasteiger partial charge in [0.2, 0.25) is 0 Å². The van der Waals surface area contributed by atoms with Crippen LogP contribution in [-0.2, 0) is 9.47 Å². The van der Waals surface area contributed by atoms with Crippen molar-refractivity contribution in [3.8, 4) is 0 Å². The van der Waals surface area contributed by atoms with Crippen LogP contribution in [0.2, 0.25) is 0 Å². The quantitative estimate of drug-likeness (QED) is 0.337. The molecule has 0 aliphatic heterocycles. The maximum atomic E-state index is 5.95. The number of likely N-dealkylation sites (N-methyl/N-ethyl adjacent to an activating group) is 1. The van der Waals surface area contributed by atoms with Gasteiger partial charge in [-0.15, -0.1) is 0 Å². The fourth-order valence-electron chi connectivity index (χ4n) is 4.05. The van der Waals surface area contributed by atoms with Crippen LogP contribution in [0.15, 0.2) is 4.99 Å². The third-order valence-electron chi connectivity index (χ3n) is 5.73. The molecule has 2 N–H and O–H groups in total. The van der Waals surface area contributed by atoms with Gasteiger partial charge in [0.05, 0.1) is 12.6 Å². The van der Waals surface area contributed by atoms with Gasteiger partial charge in [0.1, 0.15) is 0 Å². The van der Waals surface area contributed by atoms with E-state index in [0.29, 0.717) is 17.6 Å². The number of aliphatic imine (C=N–C) groups is 1. The van der Waals surface area contributed by atoms with E-state index < -0.39 is 0 Å². The smallest absolute Gasteiger partial charge is 0.191 e. The Balaban J connectivity index is 1.78. The van der Waals surface area contributed by atoms with Gasteiger partial charge < -0.3 is 25.0 Å². The molecule has 0 heterocycles. The van der Waals surface area contributed by atoms with Crippen LogP contribution in [0, 0.1) is 5.41 Å². The van der Waals surface area contributed by atoms with E-state index >= 15 is 0 Å². The van der Waals surface area contributed by atoms with Gasteiger partial charge in [-0.05, 0) is 46.6 Å². The van der Waals surface area contributed by atoms with E-state index in [1.54, 1.807) is 7.11 Å². The number of methoxy groups -OCH3 is 1. The van der Waals surface area contributed by atoms with Gasteiger partial charge in [0.25, 0.3) is 0 Å². The molecule has 0 aromatic carbocycles. The Morgan fingerprint density at radius 2 is 2.08 bits per heavy atom. The van der Waals surface area contributed by atoms with E-state index in [4.69, 9.17) is 14.5 Å². The molecule has 2 saturated carbocycles. The van der Waals surface area contributed by atoms with Gasteiger partial charge >= 0.3 is 0 Å². The summed E-state index contributed by atoms with van der Waals surface area (Å²) in [6.07, 6.45) is 6.53. The SMILES string of the molecule is CCNC(=NCCN(C)CCCOC)NC1CC(OCC)C12CCC2. The minimum Gasteiger partial charge on any atom is -0.385 e. The first-order valence-electron chi connectivity index (χ1n) is 10.00. The Hall–Kier alpha value is -0.850. The first-order chi connectivity index (χ1) is 12.2. The standard InChI is InChI=1S/C19H38N4O2/c1-5-20-18(21-11-13-23(3)12-8-14-24-4)22-16-15-17(25-6-2)19(16)9-7-10-19/h16-17H,5-15H2,1-4H3,(H2,20,21,22). The van der Waals surface area contributed by atoms with Crippen molar-refractivity contribution in [3.05, 3.63) is 0 Å². The van der Waals surface area contributed by atoms with Crippen LogP contribution in [0.5, 0.6) is 0 Å². The van der Waals surface area contributed by atoms with E-state index in [-0.39, 0.29) is 0 Å². The summed E-state index contributed by atoms with van der Waals surface area (Å²) in [4.78, 5) is 7.09. The Labute approximate surface area is 153 Å². The van der Waals surface area contributed by atoms with Gasteiger partial charge in [-0.1, -0.05) is 6.42 Å². The number of guanidine groups is 1. The lowest BCUT2D eigenvalue weighted by atomic mass is 9.51. The molecule has 2 aliphatic rings. The molecule has 2 aliphatic carbocycles. The largest absolute Gasteiger partial charge is 0.385 e. The van der Waals surface area contributed by atoms with Crippen molar-refractivity contribution in [1.82, 2.24) is 15.5 Å². The fourth-order valence-corrected chi connectivity index (χ4v) is 4.05. The Kier molecular flexibility index (Phi) is 8.46. The van der Waals surface area contributed by atoms with Crippen molar-refractivity contribution in [2.45, 2.75) is 58.1 Å². The Morgan fingerprint density at radius 3 is 2.68 bits per heavy atom. The van der Waals surface area contributed by atoms with E-state index in [2.05, 4.69) is 36.4 Å². The van der Waals surface area contributed by atoms with Gasteiger partial charge in [-0.3, -0.25) is 4.99 Å². The summed E-state index contributed by atoms with van der Waals surface area (Å²) < 4.78 is 11.1. The zero-order valence-electron chi connectivity index (χ0n) is 16.6. The molecule has 6 heteroatoms. The van der Waals surface area contributed by atoms with Crippen molar-refractivity contribution in [1.29, 1.82) is 0 Å². The van der Waals surface area contributed by atoms with Crippen molar-refractivity contribution >= 4 is 5.96 Å². The summed E-state index contributed by atoms with van der Waals surface area (Å²) >= 11 is 0. The molecule has 0 radical (unpaired) electrons. The molecule has 146 valence electrons. The van der Waals surface area contributed by atoms with Crippen LogP contribution in [0.3, 0.4) is 0 Å². The third-order valence-corrected chi connectivity index (χ3v) is 5.73. The highest BCUT2D eigenvalue weighted by molar-refractivity contribution is 5.80. The molecule has 0 bridgehead atoms. The second-order valence-corrected chi connectivity index (χ2v) is 7.37. The van der Waals surface area contributed by atoms with Crippen molar-refractivity contribution < 1.29 is 9.47 Å². The van der Waals surface area contributed by atoms with Crippen LogP contribution >= 0.6 is 0 Å². The summed E-state index contributed by atoms with van der Waals surface area (Å²) in [5, 5.41) is 7.08. The van der Waals surface area contributed by atoms with Crippen molar-refractivity contribution in [3.63, 3.8) is 0 Å². The monoisotopic (exact) mass is 354 g/mol. The molecule has 2 unspecified atom stereocenters. The van der Waals surface area contributed by atoms with Crippen molar-refractivity contribution in [2.75, 3.05) is 53.6 Å². The van der Waals surface area contributed by atoms with Gasteiger partial charge in [0, 0.05) is 51.4 Å². The zero-order chi connectivity index (χ0) is 18.1. The average Bonchev–Trinajstić information content (AvgIpc) is 2.52. The average molecular weight is 355 g/mol. The van der Waals surface area contributed by atoms with E-state index in [1.807, 2.05) is 0 Å². The number of rotatable bonds is 11. The second-order valence-electron chi connectivity index (χ2n) is 7.37. The summed E-state index contributed by atoms with van der Waals surface area (Å²) in [5.74, 6) is 0.957. The maximum Gasteiger partial charge on any atom is 0.191 e. The second kappa shape index (κ2) is 10.3. The first-order valence-corrected chi connectivity index (χ1v) is 10.00. The zero-order valence-corrected chi connectivity index (χ0v) is 16.6. The lowest BCUT2D eigenvalue weighted by Gasteiger charge is -2.61. The minimum atomic E-state index is 0.364. The fraction of sp³-hybridized carbons (Fsp3) is 0.947. The predicted molar refractivity (Wildman–Crippen MR) is 103 cm³/mol. The third kappa shape index (κ3) is 5.31. The first kappa shape index (κ1) is 20.5. The number of hydrogen-bond acceptors (Lipinski definition) is 4. The van der Waals surface area contributed by atoms with E-state index in [9.17, 15) is 0 Å². The number of ether oxygens (including phenoxy) is 2. The molecular formula is C19H38N4O2. The number of nitrogens with one attached hydrogen (secondary N) is 2. The molecule has 1 spiro atoms. The highest BCUT2D eigenvalue weighted by Crippen LogP contribution is 2.57. The van der Waals surface area contributed by atoms with E-state index in [0.717, 1.165) is 58.2 Å². The molecule has 6 nitrogen and oxygen atoms in total. The Morgan fingerprint density at radius 1 is 1.28 bits per heavy atom. The number of hydrogen-bond donors (Lipinski definition) is 2. The maximum absolute atomic E-state index is 5.95. The molecule has 0 aromatic heterocycles. The highest BCUT2D eigenvalue weighted by Gasteiger charge is 2.59. The Bertz CT molecular complexity index is 412. The summed E-state index contributed by atoms with van der Waals surface area (Å²) in [6.45, 7) is 9.59. The van der Waals surface area contributed by atoms with Gasteiger partial charge in [0.15, 0.2) is 5.96 Å². The van der Waals surface area contributed by atoms with Crippen LogP contribution < -0.4 is 10.6 Å². The lowest BCUT2D eigenvalue weighted by Crippen LogP contribution is -2.68. The van der Waals surface area contributed by atoms with Crippen LogP contribution in [-0.4, -0.2) is 76.6 Å². The predicted octanol–water partition coefficient (Wildman–Crippen LogP) is 1.86. The van der Waals surface area contributed by atoms with Crippen LogP contribution in [0.1, 0.15) is 46.0 Å². The topological polar surface area (TPSA) is 58.1 Å². The molecule has 0 saturated heterocycles. The van der Waals surface area contributed by atoms with Gasteiger partial charge in [-0.25, -0.2) is 0 Å². The molecule has 0 aromatic rings. The van der Waals surface area contributed by atoms with Crippen molar-refractivity contribution in [2.24, 2.45) is 10.4 Å². The molecular weight excluding hydrogens is 316 g/mol. The molecule has 0 amide bonds. The minimum absolute atomic E-state index is 0.364.